The standard InChI is InChI=1S/C18H15BrCl2N2O/c1-2-14-16(10-24)22-23(17-8-7-13(20)9-15(17)21)18(14)11-3-5-12(19)6-4-11/h3-9,24H,2,10H2,1H3. The first-order valence-electron chi connectivity index (χ1n) is 7.48. The van der Waals surface area contributed by atoms with Gasteiger partial charge in [-0.3, -0.25) is 0 Å². The van der Waals surface area contributed by atoms with Gasteiger partial charge in [-0.1, -0.05) is 58.2 Å². The molecule has 3 aromatic rings. The Balaban J connectivity index is 2.29. The summed E-state index contributed by atoms with van der Waals surface area (Å²) >= 11 is 15.8. The predicted octanol–water partition coefficient (Wildman–Crippen LogP) is 5.66. The Bertz CT molecular complexity index is 875. The van der Waals surface area contributed by atoms with E-state index in [4.69, 9.17) is 23.2 Å². The van der Waals surface area contributed by atoms with E-state index in [1.165, 1.54) is 0 Å². The van der Waals surface area contributed by atoms with Crippen molar-refractivity contribution in [1.29, 1.82) is 0 Å². The third-order valence-corrected chi connectivity index (χ3v) is 4.89. The fraction of sp³-hybridized carbons (Fsp3) is 0.167. The molecule has 0 unspecified atom stereocenters. The summed E-state index contributed by atoms with van der Waals surface area (Å²) in [5.74, 6) is 0. The third-order valence-electron chi connectivity index (χ3n) is 3.83. The van der Waals surface area contributed by atoms with Crippen LogP contribution in [0.3, 0.4) is 0 Å². The molecule has 0 spiro atoms. The summed E-state index contributed by atoms with van der Waals surface area (Å²) in [5, 5.41) is 15.4. The molecule has 1 N–H and O–H groups in total. The van der Waals surface area contributed by atoms with Crippen LogP contribution < -0.4 is 0 Å². The average Bonchev–Trinajstić information content (AvgIpc) is 2.94. The number of aromatic nitrogens is 2. The van der Waals surface area contributed by atoms with Gasteiger partial charge in [0.25, 0.3) is 0 Å². The highest BCUT2D eigenvalue weighted by Crippen LogP contribution is 2.33. The molecule has 2 aromatic carbocycles. The SMILES string of the molecule is CCc1c(CO)nn(-c2ccc(Cl)cc2Cl)c1-c1ccc(Br)cc1. The molecule has 0 aliphatic carbocycles. The zero-order chi connectivity index (χ0) is 17.3. The second-order valence-corrected chi connectivity index (χ2v) is 7.06. The lowest BCUT2D eigenvalue weighted by Gasteiger charge is -2.11. The van der Waals surface area contributed by atoms with Crippen molar-refractivity contribution in [3.63, 3.8) is 0 Å². The van der Waals surface area contributed by atoms with Crippen molar-refractivity contribution in [2.24, 2.45) is 0 Å². The van der Waals surface area contributed by atoms with Crippen LogP contribution in [0.25, 0.3) is 16.9 Å². The number of hydrogen-bond donors (Lipinski definition) is 1. The number of nitrogens with zero attached hydrogens (tertiary/aromatic N) is 2. The first kappa shape index (κ1) is 17.5. The maximum Gasteiger partial charge on any atom is 0.0921 e. The van der Waals surface area contributed by atoms with Gasteiger partial charge in [-0.2, -0.15) is 5.10 Å². The van der Waals surface area contributed by atoms with Crippen LogP contribution in [-0.4, -0.2) is 14.9 Å². The third kappa shape index (κ3) is 3.24. The number of aliphatic hydroxyl groups is 1. The van der Waals surface area contributed by atoms with Crippen LogP contribution in [0.15, 0.2) is 46.9 Å². The molecule has 0 aliphatic heterocycles. The van der Waals surface area contributed by atoms with Crippen molar-refractivity contribution >= 4 is 39.1 Å². The van der Waals surface area contributed by atoms with E-state index in [-0.39, 0.29) is 6.61 Å². The first-order chi connectivity index (χ1) is 11.5. The van der Waals surface area contributed by atoms with Crippen LogP contribution in [0.4, 0.5) is 0 Å². The van der Waals surface area contributed by atoms with Crippen molar-refractivity contribution < 1.29 is 5.11 Å². The van der Waals surface area contributed by atoms with E-state index >= 15 is 0 Å². The van der Waals surface area contributed by atoms with Gasteiger partial charge >= 0.3 is 0 Å². The Kier molecular flexibility index (Phi) is 5.30. The van der Waals surface area contributed by atoms with Crippen LogP contribution in [0.5, 0.6) is 0 Å². The van der Waals surface area contributed by atoms with Gasteiger partial charge in [0.15, 0.2) is 0 Å². The molecule has 1 aromatic heterocycles. The normalized spacial score (nSPS) is 11.0. The molecule has 3 rings (SSSR count). The molecule has 0 fully saturated rings. The second kappa shape index (κ2) is 7.28. The van der Waals surface area contributed by atoms with E-state index in [0.717, 1.165) is 33.4 Å². The zero-order valence-corrected chi connectivity index (χ0v) is 16.0. The van der Waals surface area contributed by atoms with Crippen LogP contribution in [0.1, 0.15) is 18.2 Å². The smallest absolute Gasteiger partial charge is 0.0921 e. The summed E-state index contributed by atoms with van der Waals surface area (Å²) in [4.78, 5) is 0. The molecular formula is C18H15BrCl2N2O. The molecular weight excluding hydrogens is 411 g/mol. The Morgan fingerprint density at radius 3 is 2.42 bits per heavy atom. The number of halogens is 3. The molecule has 124 valence electrons. The fourth-order valence-corrected chi connectivity index (χ4v) is 3.48. The highest BCUT2D eigenvalue weighted by atomic mass is 79.9. The lowest BCUT2D eigenvalue weighted by atomic mass is 10.0. The lowest BCUT2D eigenvalue weighted by molar-refractivity contribution is 0.275. The molecule has 0 saturated heterocycles. The number of benzene rings is 2. The first-order valence-corrected chi connectivity index (χ1v) is 9.03. The summed E-state index contributed by atoms with van der Waals surface area (Å²) in [6.45, 7) is 1.93. The van der Waals surface area contributed by atoms with E-state index in [2.05, 4.69) is 21.0 Å². The van der Waals surface area contributed by atoms with Crippen LogP contribution in [-0.2, 0) is 13.0 Å². The summed E-state index contributed by atoms with van der Waals surface area (Å²) in [7, 11) is 0. The maximum absolute atomic E-state index is 9.70. The zero-order valence-electron chi connectivity index (χ0n) is 12.9. The van der Waals surface area contributed by atoms with Gasteiger partial charge in [-0.05, 0) is 36.8 Å². The van der Waals surface area contributed by atoms with Gasteiger partial charge in [-0.15, -0.1) is 0 Å². The summed E-state index contributed by atoms with van der Waals surface area (Å²) in [5.41, 5.74) is 4.33. The van der Waals surface area contributed by atoms with E-state index in [0.29, 0.717) is 15.7 Å². The molecule has 0 atom stereocenters. The quantitative estimate of drug-likeness (QED) is 0.585. The molecule has 6 heteroatoms. The molecule has 0 radical (unpaired) electrons. The van der Waals surface area contributed by atoms with E-state index in [1.54, 1.807) is 16.8 Å². The molecule has 0 amide bonds. The van der Waals surface area contributed by atoms with Crippen LogP contribution in [0, 0.1) is 0 Å². The Morgan fingerprint density at radius 2 is 1.83 bits per heavy atom. The largest absolute Gasteiger partial charge is 0.390 e. The fourth-order valence-electron chi connectivity index (χ4n) is 2.73. The summed E-state index contributed by atoms with van der Waals surface area (Å²) < 4.78 is 2.79. The van der Waals surface area contributed by atoms with Gasteiger partial charge in [0.1, 0.15) is 0 Å². The van der Waals surface area contributed by atoms with Crippen molar-refractivity contribution in [3.05, 3.63) is 68.2 Å². The minimum Gasteiger partial charge on any atom is -0.390 e. The second-order valence-electron chi connectivity index (χ2n) is 5.30. The molecule has 0 saturated carbocycles. The number of rotatable bonds is 4. The topological polar surface area (TPSA) is 38.1 Å². The maximum atomic E-state index is 9.70. The molecule has 0 bridgehead atoms. The number of hydrogen-bond acceptors (Lipinski definition) is 2. The Morgan fingerprint density at radius 1 is 1.12 bits per heavy atom. The van der Waals surface area contributed by atoms with Crippen molar-refractivity contribution in [1.82, 2.24) is 9.78 Å². The van der Waals surface area contributed by atoms with Crippen LogP contribution in [0.2, 0.25) is 10.0 Å². The Labute approximate surface area is 159 Å². The van der Waals surface area contributed by atoms with Crippen LogP contribution >= 0.6 is 39.1 Å². The van der Waals surface area contributed by atoms with Gasteiger partial charge in [0.2, 0.25) is 0 Å². The molecule has 24 heavy (non-hydrogen) atoms. The van der Waals surface area contributed by atoms with E-state index < -0.39 is 0 Å². The van der Waals surface area contributed by atoms with Gasteiger partial charge in [0.05, 0.1) is 28.7 Å². The van der Waals surface area contributed by atoms with Crippen molar-refractivity contribution in [3.8, 4) is 16.9 Å². The van der Waals surface area contributed by atoms with Crippen molar-refractivity contribution in [2.75, 3.05) is 0 Å². The predicted molar refractivity (Wildman–Crippen MR) is 102 cm³/mol. The average molecular weight is 426 g/mol. The summed E-state index contributed by atoms with van der Waals surface area (Å²) in [6, 6.07) is 13.3. The minimum absolute atomic E-state index is 0.120. The number of aliphatic hydroxyl groups excluding tert-OH is 1. The lowest BCUT2D eigenvalue weighted by Crippen LogP contribution is -2.01. The highest BCUT2D eigenvalue weighted by molar-refractivity contribution is 9.10. The summed E-state index contributed by atoms with van der Waals surface area (Å²) in [6.07, 6.45) is 0.756. The van der Waals surface area contributed by atoms with E-state index in [9.17, 15) is 5.11 Å². The highest BCUT2D eigenvalue weighted by Gasteiger charge is 2.20. The minimum atomic E-state index is -0.120. The van der Waals surface area contributed by atoms with E-state index in [1.807, 2.05) is 37.3 Å². The monoisotopic (exact) mass is 424 g/mol. The van der Waals surface area contributed by atoms with Gasteiger partial charge in [0, 0.05) is 20.6 Å². The van der Waals surface area contributed by atoms with Gasteiger partial charge in [-0.25, -0.2) is 4.68 Å². The van der Waals surface area contributed by atoms with Gasteiger partial charge < -0.3 is 5.11 Å². The molecule has 3 nitrogen and oxygen atoms in total. The van der Waals surface area contributed by atoms with Crippen molar-refractivity contribution in [2.45, 2.75) is 20.0 Å². The molecule has 0 aliphatic rings. The molecule has 1 heterocycles. The Hall–Kier alpha value is -1.33.